The molecule has 0 saturated carbocycles. The van der Waals surface area contributed by atoms with E-state index >= 15 is 0 Å². The van der Waals surface area contributed by atoms with Crippen LogP contribution in [0, 0.1) is 0 Å². The van der Waals surface area contributed by atoms with Gasteiger partial charge >= 0.3 is 12.3 Å². The van der Waals surface area contributed by atoms with E-state index in [1.165, 1.54) is 11.1 Å². The molecule has 0 amide bonds. The Balaban J connectivity index is 2.50. The van der Waals surface area contributed by atoms with Crippen molar-refractivity contribution in [3.63, 3.8) is 0 Å². The Kier molecular flexibility index (Phi) is 8.87. The molecule has 26 heavy (non-hydrogen) atoms. The highest BCUT2D eigenvalue weighted by Crippen LogP contribution is 2.27. The standard InChI is InChI=1S/C18H26O8/c1-11(2)7-5-8-12(3)9-6-10-13(4)14-23-15(25-17(19)20)16(24-14)26-18(21)22/h7,9,14-16H,4-6,8,10H2,1-3H3,(H,19,20)(H,21,22)/t15-,16-/m0/s1. The van der Waals surface area contributed by atoms with Gasteiger partial charge in [-0.05, 0) is 52.0 Å². The van der Waals surface area contributed by atoms with Gasteiger partial charge in [0.05, 0.1) is 0 Å². The first kappa shape index (κ1) is 21.7. The Morgan fingerprint density at radius 1 is 0.962 bits per heavy atom. The van der Waals surface area contributed by atoms with Gasteiger partial charge in [0.1, 0.15) is 0 Å². The van der Waals surface area contributed by atoms with Crippen LogP contribution in [0.5, 0.6) is 0 Å². The van der Waals surface area contributed by atoms with Crippen LogP contribution in [-0.2, 0) is 18.9 Å². The van der Waals surface area contributed by atoms with Crippen LogP contribution in [0.15, 0.2) is 35.5 Å². The normalized spacial score (nSPS) is 20.5. The van der Waals surface area contributed by atoms with Crippen LogP contribution >= 0.6 is 0 Å². The highest BCUT2D eigenvalue weighted by Gasteiger charge is 2.42. The second kappa shape index (κ2) is 10.6. The maximum absolute atomic E-state index is 10.6. The number of carbonyl (C=O) groups is 2. The predicted octanol–water partition coefficient (Wildman–Crippen LogP) is 4.43. The minimum Gasteiger partial charge on any atom is -0.450 e. The Labute approximate surface area is 152 Å². The van der Waals surface area contributed by atoms with Gasteiger partial charge in [0.25, 0.3) is 12.6 Å². The summed E-state index contributed by atoms with van der Waals surface area (Å²) in [5, 5.41) is 17.3. The lowest BCUT2D eigenvalue weighted by molar-refractivity contribution is -0.153. The molecule has 2 atom stereocenters. The first-order valence-electron chi connectivity index (χ1n) is 8.25. The molecule has 0 unspecified atom stereocenters. The lowest BCUT2D eigenvalue weighted by Crippen LogP contribution is -2.31. The predicted molar refractivity (Wildman–Crippen MR) is 92.5 cm³/mol. The second-order valence-corrected chi connectivity index (χ2v) is 6.18. The SMILES string of the molecule is C=C(CCC=C(C)CCC=C(C)C)C1O[C@@H](OC(=O)O)[C@H](OC(=O)O)O1. The molecule has 1 saturated heterocycles. The van der Waals surface area contributed by atoms with Gasteiger partial charge in [-0.3, -0.25) is 0 Å². The number of ether oxygens (including phenoxy) is 4. The molecule has 0 aliphatic carbocycles. The molecule has 1 rings (SSSR count). The van der Waals surface area contributed by atoms with Crippen LogP contribution in [0.3, 0.4) is 0 Å². The molecule has 0 bridgehead atoms. The summed E-state index contributed by atoms with van der Waals surface area (Å²) >= 11 is 0. The number of hydrogen-bond donors (Lipinski definition) is 2. The zero-order valence-electron chi connectivity index (χ0n) is 15.3. The van der Waals surface area contributed by atoms with Gasteiger partial charge in [0.2, 0.25) is 0 Å². The fourth-order valence-corrected chi connectivity index (χ4v) is 2.27. The molecular formula is C18H26O8. The molecule has 2 N–H and O–H groups in total. The molecule has 8 nitrogen and oxygen atoms in total. The molecule has 0 spiro atoms. The third-order valence-corrected chi connectivity index (χ3v) is 3.55. The highest BCUT2D eigenvalue weighted by molar-refractivity contribution is 5.58. The van der Waals surface area contributed by atoms with Crippen LogP contribution in [0.25, 0.3) is 0 Å². The highest BCUT2D eigenvalue weighted by atomic mass is 16.9. The quantitative estimate of drug-likeness (QED) is 0.453. The van der Waals surface area contributed by atoms with Crippen molar-refractivity contribution in [1.29, 1.82) is 0 Å². The van der Waals surface area contributed by atoms with E-state index in [0.717, 1.165) is 12.8 Å². The molecule has 0 aromatic rings. The summed E-state index contributed by atoms with van der Waals surface area (Å²) in [6.07, 6.45) is 0.234. The first-order valence-corrected chi connectivity index (χ1v) is 8.25. The molecular weight excluding hydrogens is 344 g/mol. The number of allylic oxidation sites excluding steroid dienone is 4. The molecule has 1 aliphatic heterocycles. The molecule has 1 aliphatic rings. The minimum atomic E-state index is -1.63. The smallest absolute Gasteiger partial charge is 0.450 e. The summed E-state index contributed by atoms with van der Waals surface area (Å²) in [4.78, 5) is 21.3. The number of hydrogen-bond acceptors (Lipinski definition) is 6. The van der Waals surface area contributed by atoms with E-state index in [2.05, 4.69) is 49.0 Å². The van der Waals surface area contributed by atoms with E-state index in [0.29, 0.717) is 18.4 Å². The van der Waals surface area contributed by atoms with Crippen molar-refractivity contribution in [3.05, 3.63) is 35.5 Å². The van der Waals surface area contributed by atoms with Crippen molar-refractivity contribution in [2.75, 3.05) is 0 Å². The van der Waals surface area contributed by atoms with Crippen LogP contribution < -0.4 is 0 Å². The number of rotatable bonds is 9. The van der Waals surface area contributed by atoms with Gasteiger partial charge in [0.15, 0.2) is 6.29 Å². The Bertz CT molecular complexity index is 550. The van der Waals surface area contributed by atoms with Gasteiger partial charge in [-0.15, -0.1) is 0 Å². The molecule has 8 heteroatoms. The minimum absolute atomic E-state index is 0.532. The maximum Gasteiger partial charge on any atom is 0.508 e. The van der Waals surface area contributed by atoms with E-state index in [1.807, 2.05) is 0 Å². The molecule has 1 heterocycles. The topological polar surface area (TPSA) is 112 Å². The monoisotopic (exact) mass is 370 g/mol. The lowest BCUT2D eigenvalue weighted by atomic mass is 10.1. The average Bonchev–Trinajstić information content (AvgIpc) is 2.88. The molecule has 1 fully saturated rings. The van der Waals surface area contributed by atoms with Gasteiger partial charge in [-0.25, -0.2) is 9.59 Å². The zero-order valence-corrected chi connectivity index (χ0v) is 15.3. The van der Waals surface area contributed by atoms with Crippen molar-refractivity contribution < 1.29 is 38.7 Å². The summed E-state index contributed by atoms with van der Waals surface area (Å²) in [6, 6.07) is 0. The molecule has 146 valence electrons. The summed E-state index contributed by atoms with van der Waals surface area (Å²) in [7, 11) is 0. The van der Waals surface area contributed by atoms with Crippen LogP contribution in [-0.4, -0.2) is 41.4 Å². The molecule has 0 aromatic heterocycles. The average molecular weight is 370 g/mol. The molecule has 0 aromatic carbocycles. The van der Waals surface area contributed by atoms with Gasteiger partial charge in [-0.1, -0.05) is 29.9 Å². The van der Waals surface area contributed by atoms with Gasteiger partial charge in [0, 0.05) is 0 Å². The Hall–Kier alpha value is -2.32. The number of carboxylic acid groups (broad SMARTS) is 2. The van der Waals surface area contributed by atoms with Crippen LogP contribution in [0.1, 0.15) is 46.5 Å². The van der Waals surface area contributed by atoms with Crippen molar-refractivity contribution in [1.82, 2.24) is 0 Å². The zero-order chi connectivity index (χ0) is 19.7. The van der Waals surface area contributed by atoms with Gasteiger partial charge in [-0.2, -0.15) is 0 Å². The van der Waals surface area contributed by atoms with E-state index < -0.39 is 31.2 Å². The summed E-state index contributed by atoms with van der Waals surface area (Å²) in [5.41, 5.74) is 3.08. The fourth-order valence-electron chi connectivity index (χ4n) is 2.27. The fraction of sp³-hybridized carbons (Fsp3) is 0.556. The third kappa shape index (κ3) is 8.17. The van der Waals surface area contributed by atoms with Crippen molar-refractivity contribution in [3.8, 4) is 0 Å². The second-order valence-electron chi connectivity index (χ2n) is 6.18. The van der Waals surface area contributed by atoms with Gasteiger partial charge < -0.3 is 29.2 Å². The summed E-state index contributed by atoms with van der Waals surface area (Å²) < 4.78 is 19.4. The van der Waals surface area contributed by atoms with Crippen molar-refractivity contribution >= 4 is 12.3 Å². The van der Waals surface area contributed by atoms with E-state index in [1.54, 1.807) is 0 Å². The summed E-state index contributed by atoms with van der Waals surface area (Å²) in [6.45, 7) is 10.0. The largest absolute Gasteiger partial charge is 0.508 e. The van der Waals surface area contributed by atoms with Crippen LogP contribution in [0.4, 0.5) is 9.59 Å². The van der Waals surface area contributed by atoms with Crippen LogP contribution in [0.2, 0.25) is 0 Å². The van der Waals surface area contributed by atoms with E-state index in [-0.39, 0.29) is 0 Å². The summed E-state index contributed by atoms with van der Waals surface area (Å²) in [5.74, 6) is 0. The molecule has 0 radical (unpaired) electrons. The maximum atomic E-state index is 10.6. The van der Waals surface area contributed by atoms with Crippen molar-refractivity contribution in [2.24, 2.45) is 0 Å². The lowest BCUT2D eigenvalue weighted by Gasteiger charge is -2.13. The van der Waals surface area contributed by atoms with E-state index in [4.69, 9.17) is 19.7 Å². The Morgan fingerprint density at radius 3 is 1.92 bits per heavy atom. The Morgan fingerprint density at radius 2 is 1.46 bits per heavy atom. The van der Waals surface area contributed by atoms with E-state index in [9.17, 15) is 9.59 Å². The van der Waals surface area contributed by atoms with Crippen molar-refractivity contribution in [2.45, 2.75) is 65.3 Å². The first-order chi connectivity index (χ1) is 12.2. The third-order valence-electron chi connectivity index (χ3n) is 3.55.